The standard InChI is InChI=1S/C17H16N4O2/c1-11-6-2-4-8-13(11)19-15(22)10-18-17(23)16-12-7-3-5-9-14(12)20-21-16/h2-9H,10H2,1H3,(H,18,23)(H,19,22)(H,20,21). The predicted octanol–water partition coefficient (Wildman–Crippen LogP) is 2.24. The first-order valence-electron chi connectivity index (χ1n) is 7.22. The molecule has 0 aliphatic heterocycles. The van der Waals surface area contributed by atoms with E-state index in [1.54, 1.807) is 6.07 Å². The molecule has 0 aliphatic carbocycles. The molecule has 3 N–H and O–H groups in total. The maximum atomic E-state index is 12.2. The van der Waals surface area contributed by atoms with Crippen molar-refractivity contribution in [3.63, 3.8) is 0 Å². The lowest BCUT2D eigenvalue weighted by Crippen LogP contribution is -2.33. The molecule has 0 atom stereocenters. The van der Waals surface area contributed by atoms with Crippen LogP contribution in [0.1, 0.15) is 16.1 Å². The number of aromatic nitrogens is 2. The topological polar surface area (TPSA) is 86.9 Å². The minimum atomic E-state index is -0.387. The van der Waals surface area contributed by atoms with Gasteiger partial charge in [-0.25, -0.2) is 0 Å². The summed E-state index contributed by atoms with van der Waals surface area (Å²) in [7, 11) is 0. The van der Waals surface area contributed by atoms with Gasteiger partial charge in [0.05, 0.1) is 12.1 Å². The number of anilines is 1. The number of nitrogens with zero attached hydrogens (tertiary/aromatic N) is 1. The van der Waals surface area contributed by atoms with Crippen LogP contribution in [0.25, 0.3) is 10.9 Å². The summed E-state index contributed by atoms with van der Waals surface area (Å²) in [4.78, 5) is 24.1. The van der Waals surface area contributed by atoms with Crippen LogP contribution in [-0.4, -0.2) is 28.6 Å². The summed E-state index contributed by atoms with van der Waals surface area (Å²) in [5.41, 5.74) is 2.76. The van der Waals surface area contributed by atoms with Crippen LogP contribution in [0.5, 0.6) is 0 Å². The van der Waals surface area contributed by atoms with E-state index in [1.807, 2.05) is 49.4 Å². The molecular formula is C17H16N4O2. The third-order valence-corrected chi connectivity index (χ3v) is 3.51. The van der Waals surface area contributed by atoms with Gasteiger partial charge in [0.25, 0.3) is 5.91 Å². The average Bonchev–Trinajstić information content (AvgIpc) is 2.99. The Labute approximate surface area is 132 Å². The Morgan fingerprint density at radius 1 is 1.09 bits per heavy atom. The van der Waals surface area contributed by atoms with Crippen LogP contribution in [-0.2, 0) is 4.79 Å². The molecule has 1 aromatic heterocycles. The Hall–Kier alpha value is -3.15. The van der Waals surface area contributed by atoms with Crippen molar-refractivity contribution in [1.82, 2.24) is 15.5 Å². The van der Waals surface area contributed by atoms with Gasteiger partial charge in [-0.3, -0.25) is 14.7 Å². The molecular weight excluding hydrogens is 292 g/mol. The first kappa shape index (κ1) is 14.8. The maximum absolute atomic E-state index is 12.2. The first-order chi connectivity index (χ1) is 11.1. The highest BCUT2D eigenvalue weighted by molar-refractivity contribution is 6.06. The molecule has 0 aliphatic rings. The molecule has 0 radical (unpaired) electrons. The number of hydrogen-bond donors (Lipinski definition) is 3. The number of rotatable bonds is 4. The molecule has 6 heteroatoms. The van der Waals surface area contributed by atoms with Gasteiger partial charge in [-0.05, 0) is 24.6 Å². The summed E-state index contributed by atoms with van der Waals surface area (Å²) < 4.78 is 0. The molecule has 0 fully saturated rings. The molecule has 116 valence electrons. The normalized spacial score (nSPS) is 10.5. The number of fused-ring (bicyclic) bond motifs is 1. The number of aromatic amines is 1. The fourth-order valence-electron chi connectivity index (χ4n) is 2.29. The van der Waals surface area contributed by atoms with Crippen molar-refractivity contribution in [3.05, 3.63) is 59.8 Å². The minimum Gasteiger partial charge on any atom is -0.342 e. The smallest absolute Gasteiger partial charge is 0.272 e. The van der Waals surface area contributed by atoms with E-state index in [9.17, 15) is 9.59 Å². The fourth-order valence-corrected chi connectivity index (χ4v) is 2.29. The van der Waals surface area contributed by atoms with Crippen LogP contribution < -0.4 is 10.6 Å². The van der Waals surface area contributed by atoms with Crippen molar-refractivity contribution in [1.29, 1.82) is 0 Å². The van der Waals surface area contributed by atoms with Gasteiger partial charge in [-0.15, -0.1) is 0 Å². The molecule has 0 spiro atoms. The zero-order valence-corrected chi connectivity index (χ0v) is 12.6. The summed E-state index contributed by atoms with van der Waals surface area (Å²) in [5, 5.41) is 12.9. The molecule has 0 bridgehead atoms. The van der Waals surface area contributed by atoms with Gasteiger partial charge < -0.3 is 10.6 Å². The highest BCUT2D eigenvalue weighted by Gasteiger charge is 2.14. The van der Waals surface area contributed by atoms with Crippen molar-refractivity contribution in [2.45, 2.75) is 6.92 Å². The molecule has 1 heterocycles. The monoisotopic (exact) mass is 308 g/mol. The van der Waals surface area contributed by atoms with Gasteiger partial charge >= 0.3 is 0 Å². The number of nitrogens with one attached hydrogen (secondary N) is 3. The van der Waals surface area contributed by atoms with Gasteiger partial charge in [0.15, 0.2) is 5.69 Å². The quantitative estimate of drug-likeness (QED) is 0.691. The van der Waals surface area contributed by atoms with Crippen molar-refractivity contribution >= 4 is 28.4 Å². The van der Waals surface area contributed by atoms with Crippen LogP contribution in [0.2, 0.25) is 0 Å². The highest BCUT2D eigenvalue weighted by atomic mass is 16.2. The van der Waals surface area contributed by atoms with Crippen molar-refractivity contribution in [3.8, 4) is 0 Å². The molecule has 0 saturated carbocycles. The minimum absolute atomic E-state index is 0.117. The van der Waals surface area contributed by atoms with E-state index in [1.165, 1.54) is 0 Å². The zero-order chi connectivity index (χ0) is 16.2. The first-order valence-corrected chi connectivity index (χ1v) is 7.22. The molecule has 2 amide bonds. The Morgan fingerprint density at radius 3 is 2.65 bits per heavy atom. The van der Waals surface area contributed by atoms with Crippen LogP contribution in [0.4, 0.5) is 5.69 Å². The number of hydrogen-bond acceptors (Lipinski definition) is 3. The van der Waals surface area contributed by atoms with Crippen molar-refractivity contribution in [2.75, 3.05) is 11.9 Å². The van der Waals surface area contributed by atoms with Crippen LogP contribution in [0, 0.1) is 6.92 Å². The van der Waals surface area contributed by atoms with Gasteiger partial charge in [0, 0.05) is 11.1 Å². The number of benzene rings is 2. The van der Waals surface area contributed by atoms with Gasteiger partial charge in [0.1, 0.15) is 0 Å². The molecule has 0 saturated heterocycles. The second kappa shape index (κ2) is 6.31. The van der Waals surface area contributed by atoms with Crippen LogP contribution >= 0.6 is 0 Å². The lowest BCUT2D eigenvalue weighted by atomic mass is 10.2. The summed E-state index contributed by atoms with van der Waals surface area (Å²) in [6.07, 6.45) is 0. The molecule has 0 unspecified atom stereocenters. The second-order valence-corrected chi connectivity index (χ2v) is 5.16. The Bertz CT molecular complexity index is 870. The third kappa shape index (κ3) is 3.21. The fraction of sp³-hybridized carbons (Fsp3) is 0.118. The largest absolute Gasteiger partial charge is 0.342 e. The van der Waals surface area contributed by atoms with Crippen molar-refractivity contribution in [2.24, 2.45) is 0 Å². The lowest BCUT2D eigenvalue weighted by molar-refractivity contribution is -0.115. The highest BCUT2D eigenvalue weighted by Crippen LogP contribution is 2.15. The predicted molar refractivity (Wildman–Crippen MR) is 88.2 cm³/mol. The number of amides is 2. The number of para-hydroxylation sites is 2. The van der Waals surface area contributed by atoms with E-state index < -0.39 is 0 Å². The Kier molecular flexibility index (Phi) is 4.05. The number of aryl methyl sites for hydroxylation is 1. The molecule has 6 nitrogen and oxygen atoms in total. The van der Waals surface area contributed by atoms with Gasteiger partial charge in [-0.1, -0.05) is 36.4 Å². The van der Waals surface area contributed by atoms with E-state index in [0.29, 0.717) is 0 Å². The van der Waals surface area contributed by atoms with Crippen molar-refractivity contribution < 1.29 is 9.59 Å². The van der Waals surface area contributed by atoms with E-state index in [2.05, 4.69) is 20.8 Å². The third-order valence-electron chi connectivity index (χ3n) is 3.51. The molecule has 2 aromatic carbocycles. The van der Waals surface area contributed by atoms with E-state index in [0.717, 1.165) is 22.2 Å². The molecule has 3 rings (SSSR count). The van der Waals surface area contributed by atoms with Crippen LogP contribution in [0.15, 0.2) is 48.5 Å². The Morgan fingerprint density at radius 2 is 1.83 bits per heavy atom. The van der Waals surface area contributed by atoms with E-state index >= 15 is 0 Å². The maximum Gasteiger partial charge on any atom is 0.272 e. The average molecular weight is 308 g/mol. The number of carbonyl (C=O) groups is 2. The van der Waals surface area contributed by atoms with Crippen LogP contribution in [0.3, 0.4) is 0 Å². The molecule has 23 heavy (non-hydrogen) atoms. The second-order valence-electron chi connectivity index (χ2n) is 5.16. The summed E-state index contributed by atoms with van der Waals surface area (Å²) in [6.45, 7) is 1.79. The Balaban J connectivity index is 1.63. The number of carbonyl (C=O) groups excluding carboxylic acids is 2. The SMILES string of the molecule is Cc1ccccc1NC(=O)CNC(=O)c1n[nH]c2ccccc12. The summed E-state index contributed by atoms with van der Waals surface area (Å²) >= 11 is 0. The summed E-state index contributed by atoms with van der Waals surface area (Å²) in [6, 6.07) is 14.8. The molecule has 3 aromatic rings. The zero-order valence-electron chi connectivity index (χ0n) is 12.6. The summed E-state index contributed by atoms with van der Waals surface area (Å²) in [5.74, 6) is -0.671. The number of H-pyrrole nitrogens is 1. The van der Waals surface area contributed by atoms with Gasteiger partial charge in [0.2, 0.25) is 5.91 Å². The van der Waals surface area contributed by atoms with E-state index in [4.69, 9.17) is 0 Å². The van der Waals surface area contributed by atoms with E-state index in [-0.39, 0.29) is 24.1 Å². The lowest BCUT2D eigenvalue weighted by Gasteiger charge is -2.08. The van der Waals surface area contributed by atoms with Gasteiger partial charge in [-0.2, -0.15) is 5.10 Å².